The number of piperidine rings is 1. The van der Waals surface area contributed by atoms with Gasteiger partial charge in [-0.15, -0.1) is 0 Å². The van der Waals surface area contributed by atoms with E-state index in [1.165, 1.54) is 10.4 Å². The van der Waals surface area contributed by atoms with E-state index in [4.69, 9.17) is 4.74 Å². The molecule has 0 atom stereocenters. The average Bonchev–Trinajstić information content (AvgIpc) is 2.73. The molecule has 0 aromatic heterocycles. The average molecular weight is 403 g/mol. The van der Waals surface area contributed by atoms with Gasteiger partial charge in [0.25, 0.3) is 5.91 Å². The summed E-state index contributed by atoms with van der Waals surface area (Å²) in [6.45, 7) is 3.77. The minimum atomic E-state index is -3.68. The summed E-state index contributed by atoms with van der Waals surface area (Å²) in [5, 5.41) is 2.82. The smallest absolute Gasteiger partial charge is 0.252 e. The number of sulfonamides is 1. The fraction of sp³-hybridized carbons (Fsp3) is 0.381. The predicted octanol–water partition coefficient (Wildman–Crippen LogP) is 3.19. The van der Waals surface area contributed by atoms with Crippen LogP contribution in [-0.4, -0.2) is 38.3 Å². The molecule has 1 amide bonds. The lowest BCUT2D eigenvalue weighted by Gasteiger charge is -2.26. The lowest BCUT2D eigenvalue weighted by molar-refractivity contribution is 0.0947. The largest absolute Gasteiger partial charge is 0.494 e. The Labute approximate surface area is 166 Å². The summed E-state index contributed by atoms with van der Waals surface area (Å²) in [6.07, 6.45) is 2.74. The van der Waals surface area contributed by atoms with E-state index in [0.29, 0.717) is 19.7 Å². The number of hydrogen-bond donors (Lipinski definition) is 1. The zero-order valence-corrected chi connectivity index (χ0v) is 16.9. The van der Waals surface area contributed by atoms with Crippen molar-refractivity contribution < 1.29 is 17.9 Å². The first kappa shape index (κ1) is 20.4. The van der Waals surface area contributed by atoms with Crippen LogP contribution in [0, 0.1) is 0 Å². The van der Waals surface area contributed by atoms with Crippen molar-refractivity contribution >= 4 is 15.9 Å². The molecule has 1 heterocycles. The molecule has 1 aliphatic rings. The molecular formula is C21H26N2O4S. The Morgan fingerprint density at radius 3 is 2.57 bits per heavy atom. The first-order valence-corrected chi connectivity index (χ1v) is 11.1. The molecule has 3 rings (SSSR count). The molecule has 1 aliphatic heterocycles. The van der Waals surface area contributed by atoms with Gasteiger partial charge in [-0.1, -0.05) is 30.7 Å². The molecule has 1 fully saturated rings. The third kappa shape index (κ3) is 4.72. The summed E-state index contributed by atoms with van der Waals surface area (Å²) in [4.78, 5) is 12.8. The molecule has 7 heteroatoms. The minimum Gasteiger partial charge on any atom is -0.494 e. The maximum Gasteiger partial charge on any atom is 0.252 e. The van der Waals surface area contributed by atoms with Gasteiger partial charge in [-0.05, 0) is 49.6 Å². The van der Waals surface area contributed by atoms with Crippen molar-refractivity contribution in [3.05, 3.63) is 59.7 Å². The van der Waals surface area contributed by atoms with E-state index in [0.717, 1.165) is 30.6 Å². The molecule has 150 valence electrons. The Balaban J connectivity index is 1.76. The summed E-state index contributed by atoms with van der Waals surface area (Å²) in [6, 6.07) is 13.9. The normalized spacial score (nSPS) is 15.2. The third-order valence-corrected chi connectivity index (χ3v) is 6.68. The zero-order valence-electron chi connectivity index (χ0n) is 16.1. The first-order valence-electron chi connectivity index (χ1n) is 9.61. The highest BCUT2D eigenvalue weighted by Crippen LogP contribution is 2.23. The molecule has 0 aliphatic carbocycles. The number of amides is 1. The molecular weight excluding hydrogens is 376 g/mol. The monoisotopic (exact) mass is 402 g/mol. The van der Waals surface area contributed by atoms with Crippen LogP contribution >= 0.6 is 0 Å². The van der Waals surface area contributed by atoms with Crippen molar-refractivity contribution in [3.8, 4) is 5.75 Å². The van der Waals surface area contributed by atoms with Gasteiger partial charge in [0.1, 0.15) is 5.75 Å². The van der Waals surface area contributed by atoms with E-state index in [2.05, 4.69) is 5.32 Å². The molecule has 1 saturated heterocycles. The first-order chi connectivity index (χ1) is 13.5. The van der Waals surface area contributed by atoms with E-state index < -0.39 is 15.9 Å². The van der Waals surface area contributed by atoms with Crippen molar-refractivity contribution in [2.24, 2.45) is 0 Å². The van der Waals surface area contributed by atoms with Gasteiger partial charge in [0.05, 0.1) is 17.1 Å². The Bertz CT molecular complexity index is 922. The molecule has 0 unspecified atom stereocenters. The Morgan fingerprint density at radius 2 is 1.82 bits per heavy atom. The van der Waals surface area contributed by atoms with Crippen molar-refractivity contribution in [1.82, 2.24) is 9.62 Å². The molecule has 28 heavy (non-hydrogen) atoms. The summed E-state index contributed by atoms with van der Waals surface area (Å²) in [5.74, 6) is 0.334. The summed E-state index contributed by atoms with van der Waals surface area (Å²) < 4.78 is 33.0. The second-order valence-electron chi connectivity index (χ2n) is 6.72. The highest BCUT2D eigenvalue weighted by Gasteiger charge is 2.29. The highest BCUT2D eigenvalue weighted by atomic mass is 32.2. The fourth-order valence-electron chi connectivity index (χ4n) is 3.31. The minimum absolute atomic E-state index is 0.0671. The van der Waals surface area contributed by atoms with Crippen LogP contribution in [0.1, 0.15) is 42.1 Å². The van der Waals surface area contributed by atoms with Crippen molar-refractivity contribution in [2.45, 2.75) is 37.6 Å². The lowest BCUT2D eigenvalue weighted by atomic mass is 10.2. The van der Waals surface area contributed by atoms with Crippen molar-refractivity contribution in [3.63, 3.8) is 0 Å². The van der Waals surface area contributed by atoms with E-state index in [9.17, 15) is 13.2 Å². The lowest BCUT2D eigenvalue weighted by Crippen LogP contribution is -2.37. The van der Waals surface area contributed by atoms with Crippen molar-refractivity contribution in [1.29, 1.82) is 0 Å². The molecule has 0 radical (unpaired) electrons. The summed E-state index contributed by atoms with van der Waals surface area (Å²) >= 11 is 0. The Hall–Kier alpha value is -2.38. The van der Waals surface area contributed by atoms with Crippen molar-refractivity contribution in [2.75, 3.05) is 19.7 Å². The molecule has 0 spiro atoms. The quantitative estimate of drug-likeness (QED) is 0.772. The number of hydrogen-bond acceptors (Lipinski definition) is 4. The maximum absolute atomic E-state index is 13.0. The van der Waals surface area contributed by atoms with Crippen LogP contribution < -0.4 is 10.1 Å². The van der Waals surface area contributed by atoms with Crippen LogP contribution in [0.25, 0.3) is 0 Å². The third-order valence-electron chi connectivity index (χ3n) is 4.73. The molecule has 2 aromatic rings. The van der Waals surface area contributed by atoms with Crippen LogP contribution in [0.4, 0.5) is 0 Å². The predicted molar refractivity (Wildman–Crippen MR) is 108 cm³/mol. The van der Waals surface area contributed by atoms with E-state index in [-0.39, 0.29) is 17.0 Å². The number of carbonyl (C=O) groups is 1. The SMILES string of the molecule is CCOc1cccc(CNC(=O)c2ccccc2S(=O)(=O)N2CCCCC2)c1. The topological polar surface area (TPSA) is 75.7 Å². The second kappa shape index (κ2) is 9.21. The Morgan fingerprint density at radius 1 is 1.07 bits per heavy atom. The van der Waals surface area contributed by atoms with Gasteiger partial charge in [-0.2, -0.15) is 4.31 Å². The van der Waals surface area contributed by atoms with Crippen LogP contribution in [-0.2, 0) is 16.6 Å². The van der Waals surface area contributed by atoms with Gasteiger partial charge < -0.3 is 10.1 Å². The van der Waals surface area contributed by atoms with Crippen LogP contribution in [0.15, 0.2) is 53.4 Å². The standard InChI is InChI=1S/C21H26N2O4S/c1-2-27-18-10-8-9-17(15-18)16-22-21(24)19-11-4-5-12-20(19)28(25,26)23-13-6-3-7-14-23/h4-5,8-12,15H,2-3,6-7,13-14,16H2,1H3,(H,22,24). The van der Waals surface area contributed by atoms with Gasteiger partial charge in [0.15, 0.2) is 0 Å². The maximum atomic E-state index is 13.0. The van der Waals surface area contributed by atoms with Crippen LogP contribution in [0.2, 0.25) is 0 Å². The molecule has 0 bridgehead atoms. The molecule has 2 aromatic carbocycles. The van der Waals surface area contributed by atoms with Gasteiger partial charge in [-0.25, -0.2) is 8.42 Å². The number of nitrogens with one attached hydrogen (secondary N) is 1. The molecule has 6 nitrogen and oxygen atoms in total. The van der Waals surface area contributed by atoms with E-state index >= 15 is 0 Å². The number of benzene rings is 2. The molecule has 0 saturated carbocycles. The number of rotatable bonds is 7. The number of carbonyl (C=O) groups excluding carboxylic acids is 1. The second-order valence-corrected chi connectivity index (χ2v) is 8.63. The van der Waals surface area contributed by atoms with E-state index in [1.54, 1.807) is 18.2 Å². The Kier molecular flexibility index (Phi) is 6.70. The summed E-state index contributed by atoms with van der Waals surface area (Å²) in [7, 11) is -3.68. The van der Waals surface area contributed by atoms with E-state index in [1.807, 2.05) is 31.2 Å². The fourth-order valence-corrected chi connectivity index (χ4v) is 5.02. The number of ether oxygens (including phenoxy) is 1. The van der Waals surface area contributed by atoms with Gasteiger partial charge >= 0.3 is 0 Å². The van der Waals surface area contributed by atoms with Crippen LogP contribution in [0.5, 0.6) is 5.75 Å². The van der Waals surface area contributed by atoms with Gasteiger partial charge in [-0.3, -0.25) is 4.79 Å². The van der Waals surface area contributed by atoms with Gasteiger partial charge in [0, 0.05) is 19.6 Å². The highest BCUT2D eigenvalue weighted by molar-refractivity contribution is 7.89. The summed E-state index contributed by atoms with van der Waals surface area (Å²) in [5.41, 5.74) is 1.06. The molecule has 1 N–H and O–H groups in total. The number of nitrogens with zero attached hydrogens (tertiary/aromatic N) is 1. The van der Waals surface area contributed by atoms with Crippen LogP contribution in [0.3, 0.4) is 0 Å². The van der Waals surface area contributed by atoms with Gasteiger partial charge in [0.2, 0.25) is 10.0 Å². The zero-order chi connectivity index (χ0) is 20.0.